The van der Waals surface area contributed by atoms with Gasteiger partial charge in [0.2, 0.25) is 0 Å². The fourth-order valence-corrected chi connectivity index (χ4v) is 3.93. The van der Waals surface area contributed by atoms with E-state index in [1.54, 1.807) is 0 Å². The molecule has 0 N–H and O–H groups in total. The average molecular weight is 291 g/mol. The van der Waals surface area contributed by atoms with Crippen molar-refractivity contribution in [2.45, 2.75) is 45.6 Å². The van der Waals surface area contributed by atoms with Crippen LogP contribution in [0.4, 0.5) is 0 Å². The largest absolute Gasteiger partial charge is 0.325 e. The first-order chi connectivity index (χ1) is 9.70. The van der Waals surface area contributed by atoms with Gasteiger partial charge < -0.3 is 4.57 Å². The molecule has 1 aliphatic rings. The minimum absolute atomic E-state index is 0.580. The van der Waals surface area contributed by atoms with Gasteiger partial charge in [-0.15, -0.1) is 11.6 Å². The maximum absolute atomic E-state index is 5.98. The molecule has 0 spiro atoms. The Bertz CT molecular complexity index is 590. The lowest BCUT2D eigenvalue weighted by Crippen LogP contribution is -2.26. The van der Waals surface area contributed by atoms with E-state index >= 15 is 0 Å². The molecule has 0 bridgehead atoms. The zero-order valence-corrected chi connectivity index (χ0v) is 13.1. The van der Waals surface area contributed by atoms with Crippen LogP contribution < -0.4 is 0 Å². The van der Waals surface area contributed by atoms with Gasteiger partial charge in [-0.3, -0.25) is 0 Å². The lowest BCUT2D eigenvalue weighted by atomic mass is 9.79. The number of rotatable bonds is 3. The smallest absolute Gasteiger partial charge is 0.111 e. The van der Waals surface area contributed by atoms with Crippen LogP contribution >= 0.6 is 11.6 Å². The van der Waals surface area contributed by atoms with Gasteiger partial charge in [-0.1, -0.05) is 26.0 Å². The summed E-state index contributed by atoms with van der Waals surface area (Å²) >= 11 is 5.98. The van der Waals surface area contributed by atoms with Gasteiger partial charge in [-0.25, -0.2) is 4.98 Å². The van der Waals surface area contributed by atoms with Gasteiger partial charge in [-0.2, -0.15) is 0 Å². The van der Waals surface area contributed by atoms with E-state index in [0.29, 0.717) is 17.8 Å². The summed E-state index contributed by atoms with van der Waals surface area (Å²) in [5.74, 6) is 3.37. The molecule has 1 aliphatic carbocycles. The number of hydrogen-bond acceptors (Lipinski definition) is 1. The summed E-state index contributed by atoms with van der Waals surface area (Å²) in [7, 11) is 0. The highest BCUT2D eigenvalue weighted by Gasteiger charge is 2.29. The van der Waals surface area contributed by atoms with Crippen LogP contribution in [-0.4, -0.2) is 15.4 Å². The van der Waals surface area contributed by atoms with Crippen LogP contribution in [0.15, 0.2) is 24.3 Å². The fraction of sp³-hybridized carbons (Fsp3) is 0.588. The Hall–Kier alpha value is -1.02. The summed E-state index contributed by atoms with van der Waals surface area (Å²) in [4.78, 5) is 4.81. The maximum Gasteiger partial charge on any atom is 0.111 e. The minimum Gasteiger partial charge on any atom is -0.325 e. The van der Waals surface area contributed by atoms with Gasteiger partial charge in [0.25, 0.3) is 0 Å². The van der Waals surface area contributed by atoms with Crippen molar-refractivity contribution in [3.05, 3.63) is 30.1 Å². The predicted molar refractivity (Wildman–Crippen MR) is 85.4 cm³/mol. The Labute approximate surface area is 126 Å². The third kappa shape index (κ3) is 2.46. The van der Waals surface area contributed by atoms with Crippen molar-refractivity contribution in [3.63, 3.8) is 0 Å². The highest BCUT2D eigenvalue weighted by atomic mass is 35.5. The summed E-state index contributed by atoms with van der Waals surface area (Å²) in [5, 5.41) is 0. The molecule has 0 saturated heterocycles. The number of aryl methyl sites for hydroxylation is 1. The molecule has 108 valence electrons. The Balaban J connectivity index is 2.06. The number of hydrogen-bond donors (Lipinski definition) is 0. The van der Waals surface area contributed by atoms with Crippen molar-refractivity contribution in [1.82, 2.24) is 9.55 Å². The van der Waals surface area contributed by atoms with Crippen LogP contribution in [-0.2, 0) is 6.42 Å². The lowest BCUT2D eigenvalue weighted by molar-refractivity contribution is 0.208. The first-order valence-electron chi connectivity index (χ1n) is 7.72. The maximum atomic E-state index is 5.98. The topological polar surface area (TPSA) is 17.8 Å². The van der Waals surface area contributed by atoms with E-state index in [1.165, 1.54) is 24.8 Å². The number of aromatic nitrogens is 2. The number of imidazole rings is 1. The third-order valence-electron chi connectivity index (χ3n) is 4.70. The molecule has 1 aromatic carbocycles. The number of benzene rings is 1. The number of fused-ring (bicyclic) bond motifs is 1. The summed E-state index contributed by atoms with van der Waals surface area (Å²) in [6.45, 7) is 4.76. The molecule has 1 fully saturated rings. The van der Waals surface area contributed by atoms with E-state index in [2.05, 4.69) is 42.7 Å². The van der Waals surface area contributed by atoms with Crippen molar-refractivity contribution in [3.8, 4) is 0 Å². The zero-order chi connectivity index (χ0) is 14.1. The molecule has 2 nitrogen and oxygen atoms in total. The van der Waals surface area contributed by atoms with Crippen LogP contribution in [0.3, 0.4) is 0 Å². The monoisotopic (exact) mass is 290 g/mol. The normalized spacial score (nSPS) is 27.1. The molecule has 0 amide bonds. The predicted octanol–water partition coefficient (Wildman–Crippen LogP) is 4.81. The molecule has 1 aromatic heterocycles. The summed E-state index contributed by atoms with van der Waals surface area (Å²) in [6, 6.07) is 9.07. The quantitative estimate of drug-likeness (QED) is 0.741. The number of alkyl halides is 1. The standard InChI is InChI=1S/C17H23ClN2/c1-12-7-8-15(13(2)11-12)20-16-6-4-3-5-14(16)19-17(20)9-10-18/h3-6,12-13,15H,7-11H2,1-2H3. The molecular formula is C17H23ClN2. The van der Waals surface area contributed by atoms with Gasteiger partial charge in [0.05, 0.1) is 11.0 Å². The molecule has 1 heterocycles. The molecule has 3 heteroatoms. The van der Waals surface area contributed by atoms with Crippen LogP contribution in [0.25, 0.3) is 11.0 Å². The first-order valence-corrected chi connectivity index (χ1v) is 8.26. The van der Waals surface area contributed by atoms with Gasteiger partial charge in [0.15, 0.2) is 0 Å². The van der Waals surface area contributed by atoms with Crippen molar-refractivity contribution >= 4 is 22.6 Å². The molecule has 0 aliphatic heterocycles. The molecule has 3 atom stereocenters. The van der Waals surface area contributed by atoms with Crippen molar-refractivity contribution < 1.29 is 0 Å². The number of halogens is 1. The minimum atomic E-state index is 0.580. The molecule has 0 radical (unpaired) electrons. The molecule has 3 unspecified atom stereocenters. The van der Waals surface area contributed by atoms with E-state index in [9.17, 15) is 0 Å². The van der Waals surface area contributed by atoms with Crippen LogP contribution in [0, 0.1) is 11.8 Å². The Morgan fingerprint density at radius 3 is 2.80 bits per heavy atom. The second-order valence-electron chi connectivity index (χ2n) is 6.29. The summed E-state index contributed by atoms with van der Waals surface area (Å²) < 4.78 is 2.48. The Morgan fingerprint density at radius 2 is 2.05 bits per heavy atom. The van der Waals surface area contributed by atoms with E-state index < -0.39 is 0 Å². The van der Waals surface area contributed by atoms with Gasteiger partial charge in [-0.05, 0) is 43.2 Å². The van der Waals surface area contributed by atoms with Crippen molar-refractivity contribution in [2.75, 3.05) is 5.88 Å². The van der Waals surface area contributed by atoms with Crippen LogP contribution in [0.1, 0.15) is 45.0 Å². The van der Waals surface area contributed by atoms with Crippen LogP contribution in [0.5, 0.6) is 0 Å². The number of para-hydroxylation sites is 2. The SMILES string of the molecule is CC1CCC(n2c(CCCl)nc3ccccc32)C(C)C1. The van der Waals surface area contributed by atoms with Gasteiger partial charge in [0, 0.05) is 18.3 Å². The fourth-order valence-electron chi connectivity index (χ4n) is 3.76. The lowest BCUT2D eigenvalue weighted by Gasteiger charge is -2.34. The molecular weight excluding hydrogens is 268 g/mol. The number of nitrogens with zero attached hydrogens (tertiary/aromatic N) is 2. The van der Waals surface area contributed by atoms with E-state index in [-0.39, 0.29) is 0 Å². The zero-order valence-electron chi connectivity index (χ0n) is 12.3. The van der Waals surface area contributed by atoms with Crippen molar-refractivity contribution in [2.24, 2.45) is 11.8 Å². The van der Waals surface area contributed by atoms with Crippen molar-refractivity contribution in [1.29, 1.82) is 0 Å². The third-order valence-corrected chi connectivity index (χ3v) is 4.89. The summed E-state index contributed by atoms with van der Waals surface area (Å²) in [5.41, 5.74) is 2.39. The average Bonchev–Trinajstić information content (AvgIpc) is 2.78. The highest BCUT2D eigenvalue weighted by Crippen LogP contribution is 2.39. The molecule has 2 aromatic rings. The van der Waals surface area contributed by atoms with Gasteiger partial charge in [0.1, 0.15) is 5.82 Å². The Morgan fingerprint density at radius 1 is 1.25 bits per heavy atom. The van der Waals surface area contributed by atoms with E-state index in [0.717, 1.165) is 23.7 Å². The summed E-state index contributed by atoms with van der Waals surface area (Å²) in [6.07, 6.45) is 4.76. The van der Waals surface area contributed by atoms with E-state index in [4.69, 9.17) is 16.6 Å². The highest BCUT2D eigenvalue weighted by molar-refractivity contribution is 6.17. The van der Waals surface area contributed by atoms with E-state index in [1.807, 2.05) is 0 Å². The first kappa shape index (κ1) is 13.9. The van der Waals surface area contributed by atoms with Crippen LogP contribution in [0.2, 0.25) is 0 Å². The molecule has 1 saturated carbocycles. The molecule has 3 rings (SSSR count). The van der Waals surface area contributed by atoms with Gasteiger partial charge >= 0.3 is 0 Å². The molecule has 20 heavy (non-hydrogen) atoms. The second kappa shape index (κ2) is 5.77. The Kier molecular flexibility index (Phi) is 4.02. The second-order valence-corrected chi connectivity index (χ2v) is 6.67.